The lowest BCUT2D eigenvalue weighted by atomic mass is 9.71. The van der Waals surface area contributed by atoms with Crippen LogP contribution in [0.15, 0.2) is 30.3 Å². The molecule has 1 saturated heterocycles. The van der Waals surface area contributed by atoms with Gasteiger partial charge in [0.05, 0.1) is 12.6 Å². The van der Waals surface area contributed by atoms with Gasteiger partial charge in [-0.2, -0.15) is 13.2 Å². The van der Waals surface area contributed by atoms with Gasteiger partial charge in [0.1, 0.15) is 10.3 Å². The number of amides is 2. The zero-order valence-electron chi connectivity index (χ0n) is 26.6. The molecule has 0 radical (unpaired) electrons. The molecule has 2 aliphatic rings. The van der Waals surface area contributed by atoms with E-state index in [4.69, 9.17) is 4.98 Å². The minimum absolute atomic E-state index is 0.156. The third-order valence-corrected chi connectivity index (χ3v) is 9.86. The highest BCUT2D eigenvalue weighted by molar-refractivity contribution is 7.19. The number of alkyl halides is 3. The van der Waals surface area contributed by atoms with E-state index in [1.54, 1.807) is 18.2 Å². The largest absolute Gasteiger partial charge is 0.401 e. The molecule has 3 aromatic rings. The molecule has 2 N–H and O–H groups in total. The summed E-state index contributed by atoms with van der Waals surface area (Å²) in [6.07, 6.45) is -0.219. The van der Waals surface area contributed by atoms with Gasteiger partial charge in [-0.15, -0.1) is 0 Å². The number of nitrogens with one attached hydrogen (secondary N) is 2. The Morgan fingerprint density at radius 3 is 2.60 bits per heavy atom. The number of halogens is 3. The van der Waals surface area contributed by atoms with E-state index in [1.165, 1.54) is 21.8 Å². The molecule has 1 fully saturated rings. The normalized spacial score (nSPS) is 19.9. The van der Waals surface area contributed by atoms with Crippen LogP contribution in [0, 0.1) is 11.3 Å². The lowest BCUT2D eigenvalue weighted by Gasteiger charge is -2.34. The molecule has 45 heavy (non-hydrogen) atoms. The second kappa shape index (κ2) is 13.3. The Hall–Kier alpha value is -3.09. The van der Waals surface area contributed by atoms with Crippen LogP contribution in [-0.2, 0) is 12.8 Å². The summed E-state index contributed by atoms with van der Waals surface area (Å²) in [4.78, 5) is 40.3. The number of carbonyl (C=O) groups is 2. The summed E-state index contributed by atoms with van der Waals surface area (Å²) >= 11 is 1.29. The van der Waals surface area contributed by atoms with E-state index in [0.29, 0.717) is 35.9 Å². The van der Waals surface area contributed by atoms with Crippen LogP contribution < -0.4 is 10.6 Å². The molecule has 5 rings (SSSR count). The Balaban J connectivity index is 1.29. The molecule has 12 heteroatoms. The summed E-state index contributed by atoms with van der Waals surface area (Å²) in [7, 11) is 3.91. The first-order valence-corrected chi connectivity index (χ1v) is 16.4. The van der Waals surface area contributed by atoms with Gasteiger partial charge in [0.25, 0.3) is 11.8 Å². The van der Waals surface area contributed by atoms with Crippen molar-refractivity contribution in [2.45, 2.75) is 71.1 Å². The molecule has 3 heterocycles. The van der Waals surface area contributed by atoms with E-state index in [1.807, 2.05) is 25.1 Å². The number of fused-ring (bicyclic) bond motifs is 2. The zero-order chi connectivity index (χ0) is 32.5. The van der Waals surface area contributed by atoms with Gasteiger partial charge < -0.3 is 15.5 Å². The Morgan fingerprint density at radius 1 is 1.11 bits per heavy atom. The number of benzene rings is 1. The summed E-state index contributed by atoms with van der Waals surface area (Å²) in [5.74, 6) is -0.0654. The Labute approximate surface area is 266 Å². The fourth-order valence-electron chi connectivity index (χ4n) is 6.29. The van der Waals surface area contributed by atoms with Crippen molar-refractivity contribution in [1.29, 1.82) is 0 Å². The van der Waals surface area contributed by atoms with Gasteiger partial charge in [0.2, 0.25) is 0 Å². The topological polar surface area (TPSA) is 90.5 Å². The molecule has 0 saturated carbocycles. The van der Waals surface area contributed by atoms with Gasteiger partial charge in [-0.25, -0.2) is 9.97 Å². The summed E-state index contributed by atoms with van der Waals surface area (Å²) in [5.41, 5.74) is 4.44. The van der Waals surface area contributed by atoms with Crippen molar-refractivity contribution in [3.8, 4) is 0 Å². The molecule has 3 atom stereocenters. The maximum Gasteiger partial charge on any atom is 0.401 e. The lowest BCUT2D eigenvalue weighted by Crippen LogP contribution is -2.39. The van der Waals surface area contributed by atoms with Gasteiger partial charge >= 0.3 is 6.18 Å². The summed E-state index contributed by atoms with van der Waals surface area (Å²) < 4.78 is 38.4. The van der Waals surface area contributed by atoms with Crippen molar-refractivity contribution in [3.63, 3.8) is 0 Å². The predicted molar refractivity (Wildman–Crippen MR) is 171 cm³/mol. The molecule has 2 amide bonds. The average Bonchev–Trinajstić information content (AvgIpc) is 3.58. The van der Waals surface area contributed by atoms with Crippen molar-refractivity contribution < 1.29 is 22.8 Å². The minimum atomic E-state index is -4.27. The molecule has 1 aliphatic heterocycles. The number of hydrogen-bond acceptors (Lipinski definition) is 7. The quantitative estimate of drug-likeness (QED) is 0.314. The highest BCUT2D eigenvalue weighted by Crippen LogP contribution is 2.38. The molecule has 8 nitrogen and oxygen atoms in total. The van der Waals surface area contributed by atoms with E-state index in [0.717, 1.165) is 40.9 Å². The van der Waals surface area contributed by atoms with Crippen LogP contribution in [0.4, 0.5) is 13.2 Å². The molecule has 2 aromatic heterocycles. The molecule has 1 unspecified atom stereocenters. The van der Waals surface area contributed by atoms with Gasteiger partial charge in [-0.1, -0.05) is 44.2 Å². The number of carbonyl (C=O) groups excluding carboxylic acids is 2. The fraction of sp³-hybridized carbons (Fsp3) is 0.576. The third kappa shape index (κ3) is 8.59. The van der Waals surface area contributed by atoms with Gasteiger partial charge in [-0.3, -0.25) is 14.5 Å². The van der Waals surface area contributed by atoms with Crippen LogP contribution in [0.5, 0.6) is 0 Å². The summed E-state index contributed by atoms with van der Waals surface area (Å²) in [6.45, 7) is 6.99. The van der Waals surface area contributed by atoms with E-state index >= 15 is 0 Å². The van der Waals surface area contributed by atoms with Crippen molar-refractivity contribution in [2.75, 3.05) is 40.3 Å². The van der Waals surface area contributed by atoms with Crippen molar-refractivity contribution in [3.05, 3.63) is 57.7 Å². The Kier molecular flexibility index (Phi) is 9.86. The lowest BCUT2D eigenvalue weighted by molar-refractivity contribution is -0.143. The first-order chi connectivity index (χ1) is 21.1. The van der Waals surface area contributed by atoms with Crippen molar-refractivity contribution >= 4 is 33.5 Å². The number of aromatic nitrogens is 2. The number of likely N-dealkylation sites (tertiary alicyclic amines) is 1. The van der Waals surface area contributed by atoms with E-state index in [2.05, 4.69) is 42.5 Å². The molecule has 0 bridgehead atoms. The molecule has 1 aromatic carbocycles. The van der Waals surface area contributed by atoms with Crippen LogP contribution in [0.1, 0.15) is 83.1 Å². The molecule has 0 spiro atoms. The van der Waals surface area contributed by atoms with Crippen molar-refractivity contribution in [2.24, 2.45) is 11.3 Å². The highest BCUT2D eigenvalue weighted by atomic mass is 32.1. The summed E-state index contributed by atoms with van der Waals surface area (Å²) in [5, 5.41) is 6.37. The monoisotopic (exact) mass is 644 g/mol. The van der Waals surface area contributed by atoms with Crippen LogP contribution in [0.3, 0.4) is 0 Å². The maximum absolute atomic E-state index is 13.6. The maximum atomic E-state index is 13.6. The Morgan fingerprint density at radius 2 is 1.89 bits per heavy atom. The number of pyridine rings is 1. The zero-order valence-corrected chi connectivity index (χ0v) is 27.4. The molecule has 1 aliphatic carbocycles. The second-order valence-electron chi connectivity index (χ2n) is 13.8. The number of aryl methyl sites for hydroxylation is 1. The van der Waals surface area contributed by atoms with Crippen LogP contribution in [0.2, 0.25) is 0 Å². The first-order valence-electron chi connectivity index (χ1n) is 15.6. The van der Waals surface area contributed by atoms with Crippen molar-refractivity contribution in [1.82, 2.24) is 30.4 Å². The first kappa shape index (κ1) is 33.3. The number of hydrogen-bond donors (Lipinski definition) is 2. The predicted octanol–water partition coefficient (Wildman–Crippen LogP) is 5.63. The van der Waals surface area contributed by atoms with Gasteiger partial charge in [-0.05, 0) is 93.4 Å². The second-order valence-corrected chi connectivity index (χ2v) is 14.8. The van der Waals surface area contributed by atoms with Gasteiger partial charge in [0.15, 0.2) is 5.01 Å². The van der Waals surface area contributed by atoms with E-state index < -0.39 is 12.7 Å². The molecular weight excluding hydrogens is 601 g/mol. The third-order valence-electron chi connectivity index (χ3n) is 8.90. The van der Waals surface area contributed by atoms with Crippen LogP contribution in [0.25, 0.3) is 10.3 Å². The number of nitrogens with zero attached hydrogens (tertiary/aromatic N) is 4. The average molecular weight is 645 g/mol. The van der Waals surface area contributed by atoms with Crippen LogP contribution >= 0.6 is 11.3 Å². The van der Waals surface area contributed by atoms with Gasteiger partial charge in [0, 0.05) is 30.4 Å². The Bertz CT molecular complexity index is 1530. The number of thiazole rings is 1. The SMILES string of the molecule is CN(C)CC[C@@H](NC(=O)c1nc2cc3c(nc2s1)CC[C@H](C(C)(C)C)C3)c1cccc(C(=O)NC2CCN(CC(F)(F)F)C2)c1. The number of rotatable bonds is 9. The highest BCUT2D eigenvalue weighted by Gasteiger charge is 2.35. The summed E-state index contributed by atoms with van der Waals surface area (Å²) in [6, 6.07) is 8.42. The van der Waals surface area contributed by atoms with E-state index in [-0.39, 0.29) is 42.4 Å². The minimum Gasteiger partial charge on any atom is -0.348 e. The fourth-order valence-corrected chi connectivity index (χ4v) is 7.13. The van der Waals surface area contributed by atoms with Crippen LogP contribution in [-0.4, -0.2) is 84.1 Å². The smallest absolute Gasteiger partial charge is 0.348 e. The molecular formula is C33H43F3N6O2S. The molecule has 244 valence electrons. The van der Waals surface area contributed by atoms with E-state index in [9.17, 15) is 22.8 Å². The standard InChI is InChI=1S/C33H43F3N6O2S/c1-32(2,3)23-9-10-25-22(16-23)17-27-30(39-25)45-31(40-27)29(44)38-26(12-13-41(4)5)20-7-6-8-21(15-20)28(43)37-24-11-14-42(18-24)19-33(34,35)36/h6-8,15,17,23-24,26H,9-14,16,18-19H2,1-5H3,(H,37,43)(H,38,44)/t23-,24?,26+/m0/s1.